The lowest BCUT2D eigenvalue weighted by molar-refractivity contribution is 0.135. The molecule has 0 aliphatic carbocycles. The first-order chi connectivity index (χ1) is 8.65. The third-order valence-electron chi connectivity index (χ3n) is 3.32. The predicted molar refractivity (Wildman–Crippen MR) is 76.4 cm³/mol. The highest BCUT2D eigenvalue weighted by atomic mass is 35.5. The summed E-state index contributed by atoms with van der Waals surface area (Å²) >= 11 is 6.13. The Morgan fingerprint density at radius 2 is 2.11 bits per heavy atom. The summed E-state index contributed by atoms with van der Waals surface area (Å²) in [5, 5.41) is 13.9. The number of aliphatic hydroxyl groups excluding tert-OH is 1. The minimum absolute atomic E-state index is 0.347. The number of aliphatic hydroxyl groups is 1. The van der Waals surface area contributed by atoms with Gasteiger partial charge in [-0.15, -0.1) is 0 Å². The Labute approximate surface area is 114 Å². The molecule has 1 atom stereocenters. The van der Waals surface area contributed by atoms with Gasteiger partial charge in [-0.2, -0.15) is 0 Å². The molecular formula is C14H21ClN2O. The number of nitrogens with zero attached hydrogens (tertiary/aromatic N) is 1. The minimum Gasteiger partial charge on any atom is -0.390 e. The van der Waals surface area contributed by atoms with Gasteiger partial charge in [0.2, 0.25) is 0 Å². The number of aryl methyl sites for hydroxylation is 1. The summed E-state index contributed by atoms with van der Waals surface area (Å²) in [6.07, 6.45) is 2.16. The van der Waals surface area contributed by atoms with E-state index in [1.807, 2.05) is 25.1 Å². The summed E-state index contributed by atoms with van der Waals surface area (Å²) < 4.78 is 0. The van der Waals surface area contributed by atoms with Crippen LogP contribution in [0.1, 0.15) is 18.4 Å². The molecule has 0 radical (unpaired) electrons. The second-order valence-corrected chi connectivity index (χ2v) is 5.43. The molecule has 1 aromatic rings. The molecule has 1 fully saturated rings. The number of rotatable bonds is 5. The molecule has 0 spiro atoms. The second-order valence-electron chi connectivity index (χ2n) is 5.03. The molecule has 0 bridgehead atoms. The molecule has 2 N–H and O–H groups in total. The van der Waals surface area contributed by atoms with E-state index in [-0.39, 0.29) is 6.10 Å². The van der Waals surface area contributed by atoms with Crippen LogP contribution in [0.25, 0.3) is 0 Å². The van der Waals surface area contributed by atoms with Crippen molar-refractivity contribution in [3.8, 4) is 0 Å². The fourth-order valence-electron chi connectivity index (χ4n) is 2.32. The van der Waals surface area contributed by atoms with Gasteiger partial charge < -0.3 is 15.3 Å². The van der Waals surface area contributed by atoms with Crippen molar-refractivity contribution in [2.24, 2.45) is 0 Å². The summed E-state index contributed by atoms with van der Waals surface area (Å²) in [7, 11) is 0. The summed E-state index contributed by atoms with van der Waals surface area (Å²) in [5.41, 5.74) is 2.03. The lowest BCUT2D eigenvalue weighted by atomic mass is 10.2. The van der Waals surface area contributed by atoms with Gasteiger partial charge in [-0.05, 0) is 50.6 Å². The molecule has 3 nitrogen and oxygen atoms in total. The van der Waals surface area contributed by atoms with Crippen molar-refractivity contribution in [1.82, 2.24) is 4.90 Å². The number of benzene rings is 1. The molecule has 4 heteroatoms. The number of halogens is 1. The fraction of sp³-hybridized carbons (Fsp3) is 0.571. The van der Waals surface area contributed by atoms with Crippen LogP contribution >= 0.6 is 11.6 Å². The molecule has 0 aromatic heterocycles. The van der Waals surface area contributed by atoms with E-state index in [9.17, 15) is 5.11 Å². The highest BCUT2D eigenvalue weighted by molar-refractivity contribution is 6.33. The predicted octanol–water partition coefficient (Wildman–Crippen LogP) is 2.52. The van der Waals surface area contributed by atoms with Crippen molar-refractivity contribution in [2.75, 3.05) is 31.5 Å². The van der Waals surface area contributed by atoms with Crippen molar-refractivity contribution < 1.29 is 5.11 Å². The number of hydrogen-bond acceptors (Lipinski definition) is 3. The Morgan fingerprint density at radius 1 is 1.39 bits per heavy atom. The maximum Gasteiger partial charge on any atom is 0.0839 e. The SMILES string of the molecule is Cc1ccc(NCC(O)CN2CCCC2)c(Cl)c1. The minimum atomic E-state index is -0.347. The molecule has 1 aliphatic heterocycles. The van der Waals surface area contributed by atoms with Crippen LogP contribution in [0.15, 0.2) is 18.2 Å². The van der Waals surface area contributed by atoms with E-state index < -0.39 is 0 Å². The average Bonchev–Trinajstić information content (AvgIpc) is 2.80. The summed E-state index contributed by atoms with van der Waals surface area (Å²) in [5.74, 6) is 0. The standard InChI is InChI=1S/C14H21ClN2O/c1-11-4-5-14(13(15)8-11)16-9-12(18)10-17-6-2-3-7-17/h4-5,8,12,16,18H,2-3,6-7,9-10H2,1H3. The van der Waals surface area contributed by atoms with Crippen LogP contribution in [-0.2, 0) is 0 Å². The molecule has 100 valence electrons. The van der Waals surface area contributed by atoms with E-state index in [4.69, 9.17) is 11.6 Å². The van der Waals surface area contributed by atoms with Crippen molar-refractivity contribution in [1.29, 1.82) is 0 Å². The molecule has 1 aromatic carbocycles. The van der Waals surface area contributed by atoms with Crippen LogP contribution in [0, 0.1) is 6.92 Å². The number of hydrogen-bond donors (Lipinski definition) is 2. The van der Waals surface area contributed by atoms with Crippen molar-refractivity contribution >= 4 is 17.3 Å². The first-order valence-corrected chi connectivity index (χ1v) is 6.93. The van der Waals surface area contributed by atoms with Gasteiger partial charge in [-0.3, -0.25) is 0 Å². The van der Waals surface area contributed by atoms with Gasteiger partial charge in [0.15, 0.2) is 0 Å². The molecule has 0 saturated carbocycles. The van der Waals surface area contributed by atoms with Crippen LogP contribution in [0.3, 0.4) is 0 Å². The highest BCUT2D eigenvalue weighted by Crippen LogP contribution is 2.22. The van der Waals surface area contributed by atoms with Crippen LogP contribution in [0.5, 0.6) is 0 Å². The number of nitrogens with one attached hydrogen (secondary N) is 1. The summed E-state index contributed by atoms with van der Waals surface area (Å²) in [6.45, 7) is 5.53. The molecule has 1 unspecified atom stereocenters. The largest absolute Gasteiger partial charge is 0.390 e. The normalized spacial score (nSPS) is 17.9. The lowest BCUT2D eigenvalue weighted by Crippen LogP contribution is -2.34. The van der Waals surface area contributed by atoms with Gasteiger partial charge in [-0.1, -0.05) is 17.7 Å². The van der Waals surface area contributed by atoms with Gasteiger partial charge in [0.1, 0.15) is 0 Å². The lowest BCUT2D eigenvalue weighted by Gasteiger charge is -2.20. The zero-order valence-corrected chi connectivity index (χ0v) is 11.6. The smallest absolute Gasteiger partial charge is 0.0839 e. The van der Waals surface area contributed by atoms with Gasteiger partial charge >= 0.3 is 0 Å². The Kier molecular flexibility index (Phi) is 4.87. The van der Waals surface area contributed by atoms with Crippen LogP contribution < -0.4 is 5.32 Å². The van der Waals surface area contributed by atoms with E-state index in [1.54, 1.807) is 0 Å². The second kappa shape index (κ2) is 6.41. The molecule has 1 saturated heterocycles. The molecule has 0 amide bonds. The Bertz CT molecular complexity index is 391. The van der Waals surface area contributed by atoms with Crippen LogP contribution in [0.4, 0.5) is 5.69 Å². The van der Waals surface area contributed by atoms with Crippen molar-refractivity contribution in [2.45, 2.75) is 25.9 Å². The number of anilines is 1. The van der Waals surface area contributed by atoms with E-state index >= 15 is 0 Å². The number of β-amino-alcohol motifs (C(OH)–C–C–N with tert-alkyl or cyclic N) is 1. The van der Waals surface area contributed by atoms with Gasteiger partial charge in [0, 0.05) is 13.1 Å². The van der Waals surface area contributed by atoms with E-state index in [2.05, 4.69) is 10.2 Å². The third-order valence-corrected chi connectivity index (χ3v) is 3.63. The molecule has 18 heavy (non-hydrogen) atoms. The van der Waals surface area contributed by atoms with Crippen molar-refractivity contribution in [3.05, 3.63) is 28.8 Å². The van der Waals surface area contributed by atoms with Gasteiger partial charge in [0.05, 0.1) is 16.8 Å². The topological polar surface area (TPSA) is 35.5 Å². The zero-order valence-electron chi connectivity index (χ0n) is 10.8. The maximum atomic E-state index is 9.97. The van der Waals surface area contributed by atoms with Crippen LogP contribution in [0.2, 0.25) is 5.02 Å². The monoisotopic (exact) mass is 268 g/mol. The maximum absolute atomic E-state index is 9.97. The summed E-state index contributed by atoms with van der Waals surface area (Å²) in [6, 6.07) is 5.90. The molecule has 2 rings (SSSR count). The fourth-order valence-corrected chi connectivity index (χ4v) is 2.62. The Morgan fingerprint density at radius 3 is 2.78 bits per heavy atom. The average molecular weight is 269 g/mol. The highest BCUT2D eigenvalue weighted by Gasteiger charge is 2.15. The van der Waals surface area contributed by atoms with Gasteiger partial charge in [-0.25, -0.2) is 0 Å². The Hall–Kier alpha value is -0.770. The van der Waals surface area contributed by atoms with E-state index in [0.29, 0.717) is 11.6 Å². The van der Waals surface area contributed by atoms with E-state index in [0.717, 1.165) is 30.9 Å². The zero-order chi connectivity index (χ0) is 13.0. The quantitative estimate of drug-likeness (QED) is 0.861. The Balaban J connectivity index is 1.79. The van der Waals surface area contributed by atoms with E-state index in [1.165, 1.54) is 12.8 Å². The van der Waals surface area contributed by atoms with Gasteiger partial charge in [0.25, 0.3) is 0 Å². The molecule has 1 heterocycles. The summed E-state index contributed by atoms with van der Waals surface area (Å²) in [4.78, 5) is 2.31. The first-order valence-electron chi connectivity index (χ1n) is 6.55. The molecular weight excluding hydrogens is 248 g/mol. The molecule has 1 aliphatic rings. The van der Waals surface area contributed by atoms with Crippen molar-refractivity contribution in [3.63, 3.8) is 0 Å². The number of likely N-dealkylation sites (tertiary alicyclic amines) is 1. The first kappa shape index (κ1) is 13.7. The third kappa shape index (κ3) is 3.87. The van der Waals surface area contributed by atoms with Crippen LogP contribution in [-0.4, -0.2) is 42.3 Å².